The Morgan fingerprint density at radius 2 is 1.44 bits per heavy atom. The molecule has 36 heavy (non-hydrogen) atoms. The number of nitrogens with zero attached hydrogens (tertiary/aromatic N) is 1. The normalized spacial score (nSPS) is 17.0. The topological polar surface area (TPSA) is 77.1 Å². The number of methoxy groups -OCH3 is 3. The zero-order chi connectivity index (χ0) is 25.8. The van der Waals surface area contributed by atoms with Crippen molar-refractivity contribution >= 4 is 29.3 Å². The highest BCUT2D eigenvalue weighted by Crippen LogP contribution is 2.44. The zero-order valence-electron chi connectivity index (χ0n) is 19.8. The molecule has 2 unspecified atom stereocenters. The second-order valence-electron chi connectivity index (χ2n) is 7.88. The molecule has 0 aliphatic carbocycles. The third-order valence-corrected chi connectivity index (χ3v) is 7.04. The molecule has 0 aromatic heterocycles. The monoisotopic (exact) mass is 514 g/mol. The van der Waals surface area contributed by atoms with Gasteiger partial charge in [-0.1, -0.05) is 12.1 Å². The molecule has 3 aromatic rings. The van der Waals surface area contributed by atoms with Gasteiger partial charge in [-0.3, -0.25) is 9.59 Å². The van der Waals surface area contributed by atoms with E-state index in [1.807, 2.05) is 0 Å². The number of hydrogen-bond acceptors (Lipinski definition) is 6. The minimum atomic E-state index is -0.860. The van der Waals surface area contributed by atoms with E-state index in [-0.39, 0.29) is 17.1 Å². The van der Waals surface area contributed by atoms with Gasteiger partial charge in [0, 0.05) is 17.0 Å². The van der Waals surface area contributed by atoms with Crippen LogP contribution in [0.4, 0.5) is 14.5 Å². The maximum absolute atomic E-state index is 13.9. The van der Waals surface area contributed by atoms with Crippen LogP contribution >= 0.6 is 11.8 Å². The van der Waals surface area contributed by atoms with Crippen molar-refractivity contribution in [2.45, 2.75) is 11.4 Å². The summed E-state index contributed by atoms with van der Waals surface area (Å²) in [5, 5.41) is 2.20. The molecule has 0 spiro atoms. The number of carbonyl (C=O) groups excluding carboxylic acids is 2. The van der Waals surface area contributed by atoms with E-state index in [0.717, 1.165) is 0 Å². The van der Waals surface area contributed by atoms with Gasteiger partial charge in [-0.15, -0.1) is 11.8 Å². The molecular weight excluding hydrogens is 490 g/mol. The molecule has 7 nitrogen and oxygen atoms in total. The van der Waals surface area contributed by atoms with Crippen LogP contribution in [0.25, 0.3) is 0 Å². The average molecular weight is 515 g/mol. The maximum atomic E-state index is 13.9. The lowest BCUT2D eigenvalue weighted by Gasteiger charge is -2.29. The fourth-order valence-electron chi connectivity index (χ4n) is 3.95. The second-order valence-corrected chi connectivity index (χ2v) is 8.99. The van der Waals surface area contributed by atoms with Gasteiger partial charge < -0.3 is 24.4 Å². The second kappa shape index (κ2) is 10.9. The van der Waals surface area contributed by atoms with Crippen LogP contribution < -0.4 is 19.5 Å². The van der Waals surface area contributed by atoms with Crippen molar-refractivity contribution in [2.75, 3.05) is 32.4 Å². The number of anilines is 1. The molecule has 188 valence electrons. The fourth-order valence-corrected chi connectivity index (χ4v) is 5.38. The average Bonchev–Trinajstić information content (AvgIpc) is 3.34. The number of benzene rings is 3. The largest absolute Gasteiger partial charge is 0.493 e. The van der Waals surface area contributed by atoms with E-state index in [9.17, 15) is 18.4 Å². The van der Waals surface area contributed by atoms with Crippen molar-refractivity contribution in [2.24, 2.45) is 0 Å². The van der Waals surface area contributed by atoms with Crippen molar-refractivity contribution in [3.05, 3.63) is 83.4 Å². The summed E-state index contributed by atoms with van der Waals surface area (Å²) in [5.74, 6) is -0.517. The third kappa shape index (κ3) is 5.08. The lowest BCUT2D eigenvalue weighted by atomic mass is 10.1. The predicted octanol–water partition coefficient (Wildman–Crippen LogP) is 4.89. The molecule has 1 aliphatic rings. The van der Waals surface area contributed by atoms with Crippen LogP contribution in [0.5, 0.6) is 17.2 Å². The molecule has 1 N–H and O–H groups in total. The van der Waals surface area contributed by atoms with Crippen LogP contribution in [0.15, 0.2) is 60.7 Å². The molecule has 2 atom stereocenters. The first-order chi connectivity index (χ1) is 17.4. The lowest BCUT2D eigenvalue weighted by molar-refractivity contribution is -0.119. The number of hydrogen-bond donors (Lipinski definition) is 1. The van der Waals surface area contributed by atoms with Crippen LogP contribution in [-0.4, -0.2) is 49.8 Å². The summed E-state index contributed by atoms with van der Waals surface area (Å²) in [7, 11) is 4.34. The molecule has 4 rings (SSSR count). The first kappa shape index (κ1) is 25.3. The van der Waals surface area contributed by atoms with Gasteiger partial charge >= 0.3 is 0 Å². The molecule has 3 aromatic carbocycles. The van der Waals surface area contributed by atoms with Gasteiger partial charge in [0.05, 0.1) is 21.3 Å². The summed E-state index contributed by atoms with van der Waals surface area (Å²) in [6.07, 6.45) is 0. The van der Waals surface area contributed by atoms with Crippen molar-refractivity contribution in [1.29, 1.82) is 0 Å². The molecule has 0 radical (unpaired) electrons. The summed E-state index contributed by atoms with van der Waals surface area (Å²) in [4.78, 5) is 28.6. The van der Waals surface area contributed by atoms with E-state index in [4.69, 9.17) is 14.2 Å². The van der Waals surface area contributed by atoms with E-state index in [2.05, 4.69) is 5.32 Å². The number of amides is 2. The van der Waals surface area contributed by atoms with Gasteiger partial charge in [0.1, 0.15) is 23.1 Å². The molecule has 1 heterocycles. The van der Waals surface area contributed by atoms with Crippen molar-refractivity contribution in [3.8, 4) is 17.2 Å². The molecule has 1 aliphatic heterocycles. The fraction of sp³-hybridized carbons (Fsp3) is 0.231. The molecule has 0 bridgehead atoms. The van der Waals surface area contributed by atoms with Crippen LogP contribution in [0.1, 0.15) is 21.3 Å². The molecule has 0 saturated carbocycles. The first-order valence-electron chi connectivity index (χ1n) is 10.9. The minimum Gasteiger partial charge on any atom is -0.493 e. The standard InChI is InChI=1S/C26H24F2N2O5S/c1-33-21-12-16(13-22(34-2)23(21)35-3)25(32)30-20(24(31)29-19-10-8-18(28)9-11-19)14-36-26(30)15-4-6-17(27)7-5-15/h4-13,20,26H,14H2,1-3H3,(H,29,31). The summed E-state index contributed by atoms with van der Waals surface area (Å²) in [6, 6.07) is 13.3. The summed E-state index contributed by atoms with van der Waals surface area (Å²) >= 11 is 1.38. The summed E-state index contributed by atoms with van der Waals surface area (Å²) in [5.41, 5.74) is 1.29. The molecule has 1 saturated heterocycles. The Labute approximate surface area is 211 Å². The van der Waals surface area contributed by atoms with E-state index in [0.29, 0.717) is 22.8 Å². The quantitative estimate of drug-likeness (QED) is 0.484. The van der Waals surface area contributed by atoms with E-state index in [1.165, 1.54) is 86.5 Å². The Morgan fingerprint density at radius 3 is 1.97 bits per heavy atom. The van der Waals surface area contributed by atoms with Gasteiger partial charge in [0.15, 0.2) is 11.5 Å². The SMILES string of the molecule is COc1cc(C(=O)N2C(C(=O)Nc3ccc(F)cc3)CSC2c2ccc(F)cc2)cc(OC)c1OC. The van der Waals surface area contributed by atoms with Crippen LogP contribution in [0.2, 0.25) is 0 Å². The van der Waals surface area contributed by atoms with Crippen LogP contribution in [0.3, 0.4) is 0 Å². The Hall–Kier alpha value is -3.79. The summed E-state index contributed by atoms with van der Waals surface area (Å²) in [6.45, 7) is 0. The van der Waals surface area contributed by atoms with E-state index < -0.39 is 34.9 Å². The number of ether oxygens (including phenoxy) is 3. The Balaban J connectivity index is 1.72. The van der Waals surface area contributed by atoms with Crippen molar-refractivity contribution in [3.63, 3.8) is 0 Å². The summed E-state index contributed by atoms with van der Waals surface area (Å²) < 4.78 is 43.0. The minimum absolute atomic E-state index is 0.221. The zero-order valence-corrected chi connectivity index (χ0v) is 20.6. The van der Waals surface area contributed by atoms with Crippen molar-refractivity contribution in [1.82, 2.24) is 4.90 Å². The van der Waals surface area contributed by atoms with Gasteiger partial charge in [-0.05, 0) is 54.1 Å². The predicted molar refractivity (Wildman–Crippen MR) is 133 cm³/mol. The van der Waals surface area contributed by atoms with Crippen LogP contribution in [0, 0.1) is 11.6 Å². The lowest BCUT2D eigenvalue weighted by Crippen LogP contribution is -2.45. The van der Waals surface area contributed by atoms with Crippen LogP contribution in [-0.2, 0) is 4.79 Å². The Kier molecular flexibility index (Phi) is 7.64. The molecule has 1 fully saturated rings. The molecule has 2 amide bonds. The van der Waals surface area contributed by atoms with E-state index in [1.54, 1.807) is 12.1 Å². The van der Waals surface area contributed by atoms with Gasteiger partial charge in [0.2, 0.25) is 11.7 Å². The number of carbonyl (C=O) groups is 2. The smallest absolute Gasteiger partial charge is 0.256 e. The van der Waals surface area contributed by atoms with Gasteiger partial charge in [0.25, 0.3) is 5.91 Å². The highest BCUT2D eigenvalue weighted by Gasteiger charge is 2.43. The third-order valence-electron chi connectivity index (χ3n) is 5.72. The molecular formula is C26H24F2N2O5S. The molecule has 10 heteroatoms. The first-order valence-corrected chi connectivity index (χ1v) is 12.0. The van der Waals surface area contributed by atoms with E-state index >= 15 is 0 Å². The van der Waals surface area contributed by atoms with Crippen molar-refractivity contribution < 1.29 is 32.6 Å². The highest BCUT2D eigenvalue weighted by atomic mass is 32.2. The number of halogens is 2. The van der Waals surface area contributed by atoms with Gasteiger partial charge in [-0.25, -0.2) is 8.78 Å². The number of rotatable bonds is 7. The Morgan fingerprint density at radius 1 is 0.889 bits per heavy atom. The Bertz CT molecular complexity index is 1230. The van der Waals surface area contributed by atoms with Gasteiger partial charge in [-0.2, -0.15) is 0 Å². The highest BCUT2D eigenvalue weighted by molar-refractivity contribution is 7.99. The number of nitrogens with one attached hydrogen (secondary N) is 1. The number of thioether (sulfide) groups is 1. The maximum Gasteiger partial charge on any atom is 0.256 e.